The number of amides is 2. The van der Waals surface area contributed by atoms with Gasteiger partial charge in [-0.1, -0.05) is 36.4 Å². The Morgan fingerprint density at radius 2 is 1.73 bits per heavy atom. The molecule has 4 rings (SSSR count). The molecular weight excluding hydrogens is 577 g/mol. The second-order valence-electron chi connectivity index (χ2n) is 10.5. The molecule has 0 unspecified atom stereocenters. The number of fused-ring (bicyclic) bond motifs is 1. The minimum absolute atomic E-state index is 0.0232. The first-order valence-corrected chi connectivity index (χ1v) is 14.0. The number of rotatable bonds is 13. The first kappa shape index (κ1) is 32.2. The highest BCUT2D eigenvalue weighted by atomic mass is 19.4. The molecule has 0 aliphatic carbocycles. The third-order valence-electron chi connectivity index (χ3n) is 7.38. The van der Waals surface area contributed by atoms with Gasteiger partial charge in [-0.2, -0.15) is 13.2 Å². The van der Waals surface area contributed by atoms with Gasteiger partial charge in [-0.25, -0.2) is 0 Å². The number of ether oxygens (including phenoxy) is 1. The maximum absolute atomic E-state index is 13.8. The number of aromatic amines is 1. The lowest BCUT2D eigenvalue weighted by molar-refractivity contribution is -0.385. The van der Waals surface area contributed by atoms with Gasteiger partial charge in [-0.05, 0) is 55.2 Å². The molecule has 2 amide bonds. The van der Waals surface area contributed by atoms with Crippen molar-refractivity contribution in [2.75, 3.05) is 33.4 Å². The summed E-state index contributed by atoms with van der Waals surface area (Å²) < 4.78 is 44.5. The second kappa shape index (κ2) is 14.2. The smallest absolute Gasteiger partial charge is 0.385 e. The lowest BCUT2D eigenvalue weighted by Crippen LogP contribution is -2.44. The van der Waals surface area contributed by atoms with Gasteiger partial charge >= 0.3 is 6.18 Å². The van der Waals surface area contributed by atoms with E-state index in [1.54, 1.807) is 6.92 Å². The van der Waals surface area contributed by atoms with Crippen molar-refractivity contribution in [3.63, 3.8) is 0 Å². The third-order valence-corrected chi connectivity index (χ3v) is 7.38. The highest BCUT2D eigenvalue weighted by Gasteiger charge is 2.30. The Morgan fingerprint density at radius 3 is 2.41 bits per heavy atom. The molecule has 0 saturated carbocycles. The van der Waals surface area contributed by atoms with Crippen molar-refractivity contribution in [2.24, 2.45) is 0 Å². The van der Waals surface area contributed by atoms with Crippen LogP contribution >= 0.6 is 0 Å². The van der Waals surface area contributed by atoms with Crippen molar-refractivity contribution >= 4 is 28.4 Å². The fourth-order valence-corrected chi connectivity index (χ4v) is 4.94. The lowest BCUT2D eigenvalue weighted by atomic mass is 10.1. The van der Waals surface area contributed by atoms with Crippen LogP contribution in [0.3, 0.4) is 0 Å². The monoisotopic (exact) mass is 610 g/mol. The Morgan fingerprint density at radius 1 is 1.00 bits per heavy atom. The van der Waals surface area contributed by atoms with Crippen LogP contribution in [0.5, 0.6) is 0 Å². The van der Waals surface area contributed by atoms with Crippen LogP contribution in [0.15, 0.2) is 72.9 Å². The van der Waals surface area contributed by atoms with E-state index in [4.69, 9.17) is 4.74 Å². The average molecular weight is 611 g/mol. The Balaban J connectivity index is 1.59. The zero-order valence-corrected chi connectivity index (χ0v) is 24.4. The maximum atomic E-state index is 13.8. The standard InChI is InChI=1S/C32H33F3N4O5/c1-22-8-11-24(18-29(22)39(42)43)31(41)38(15-5-17-44-2)21-30(40)37(20-23-9-12-26(13-10-23)32(33,34)35)16-14-25-19-36-28-7-4-3-6-27(25)28/h3-4,6-13,18-19,36H,5,14-17,20-21H2,1-2H3. The number of hydrogen-bond acceptors (Lipinski definition) is 5. The molecule has 9 nitrogen and oxygen atoms in total. The number of alkyl halides is 3. The number of nitrogens with zero attached hydrogens (tertiary/aromatic N) is 3. The summed E-state index contributed by atoms with van der Waals surface area (Å²) in [5.74, 6) is -0.972. The summed E-state index contributed by atoms with van der Waals surface area (Å²) in [4.78, 5) is 44.3. The number of nitrogens with one attached hydrogen (secondary N) is 1. The number of aromatic nitrogens is 1. The first-order chi connectivity index (χ1) is 21.0. The van der Waals surface area contributed by atoms with Crippen LogP contribution in [-0.4, -0.2) is 64.9 Å². The molecule has 12 heteroatoms. The molecule has 0 aliphatic heterocycles. The summed E-state index contributed by atoms with van der Waals surface area (Å²) in [6.45, 7) is 1.96. The summed E-state index contributed by atoms with van der Waals surface area (Å²) in [6, 6.07) is 16.5. The van der Waals surface area contributed by atoms with Crippen molar-refractivity contribution in [3.05, 3.63) is 111 Å². The molecule has 0 saturated heterocycles. The van der Waals surface area contributed by atoms with Crippen LogP contribution in [0.25, 0.3) is 10.9 Å². The van der Waals surface area contributed by atoms with Crippen LogP contribution in [0.1, 0.15) is 39.0 Å². The molecule has 1 aromatic heterocycles. The molecule has 3 aromatic carbocycles. The minimum Gasteiger partial charge on any atom is -0.385 e. The molecule has 0 fully saturated rings. The SMILES string of the molecule is COCCCN(CC(=O)N(CCc1c[nH]c2ccccc12)Cc1ccc(C(F)(F)F)cc1)C(=O)c1ccc(C)c([N+](=O)[O-])c1. The first-order valence-electron chi connectivity index (χ1n) is 14.0. The topological polar surface area (TPSA) is 109 Å². The van der Waals surface area contributed by atoms with E-state index < -0.39 is 28.5 Å². The summed E-state index contributed by atoms with van der Waals surface area (Å²) in [6.07, 6.45) is -1.76. The Hall–Kier alpha value is -4.71. The van der Waals surface area contributed by atoms with E-state index in [1.807, 2.05) is 30.5 Å². The van der Waals surface area contributed by atoms with E-state index in [2.05, 4.69) is 4.98 Å². The number of halogens is 3. The zero-order chi connectivity index (χ0) is 31.9. The van der Waals surface area contributed by atoms with Crippen molar-refractivity contribution in [1.82, 2.24) is 14.8 Å². The highest BCUT2D eigenvalue weighted by Crippen LogP contribution is 2.29. The van der Waals surface area contributed by atoms with Crippen LogP contribution in [0.2, 0.25) is 0 Å². The number of hydrogen-bond donors (Lipinski definition) is 1. The predicted octanol–water partition coefficient (Wildman–Crippen LogP) is 6.15. The number of para-hydroxylation sites is 1. The van der Waals surface area contributed by atoms with E-state index in [0.29, 0.717) is 30.6 Å². The molecule has 1 heterocycles. The van der Waals surface area contributed by atoms with Crippen molar-refractivity contribution in [3.8, 4) is 0 Å². The molecule has 232 valence electrons. The summed E-state index contributed by atoms with van der Waals surface area (Å²) >= 11 is 0. The van der Waals surface area contributed by atoms with Gasteiger partial charge in [-0.3, -0.25) is 19.7 Å². The fourth-order valence-electron chi connectivity index (χ4n) is 4.94. The summed E-state index contributed by atoms with van der Waals surface area (Å²) in [7, 11) is 1.51. The average Bonchev–Trinajstić information content (AvgIpc) is 3.41. The van der Waals surface area contributed by atoms with Crippen molar-refractivity contribution in [1.29, 1.82) is 0 Å². The minimum atomic E-state index is -4.49. The quantitative estimate of drug-likeness (QED) is 0.111. The van der Waals surface area contributed by atoms with Crippen molar-refractivity contribution < 1.29 is 32.4 Å². The van der Waals surface area contributed by atoms with E-state index in [-0.39, 0.29) is 37.4 Å². The number of carbonyl (C=O) groups is 2. The number of nitro groups is 1. The second-order valence-corrected chi connectivity index (χ2v) is 10.5. The normalized spacial score (nSPS) is 11.5. The van der Waals surface area contributed by atoms with E-state index in [0.717, 1.165) is 28.6 Å². The zero-order valence-electron chi connectivity index (χ0n) is 24.4. The van der Waals surface area contributed by atoms with Crippen LogP contribution in [0, 0.1) is 17.0 Å². The number of nitro benzene ring substituents is 1. The van der Waals surface area contributed by atoms with Gasteiger partial charge < -0.3 is 19.5 Å². The van der Waals surface area contributed by atoms with Gasteiger partial charge in [0.05, 0.1) is 10.5 Å². The predicted molar refractivity (Wildman–Crippen MR) is 159 cm³/mol. The highest BCUT2D eigenvalue weighted by molar-refractivity contribution is 5.97. The Labute approximate surface area is 252 Å². The van der Waals surface area contributed by atoms with E-state index in [9.17, 15) is 32.9 Å². The molecule has 44 heavy (non-hydrogen) atoms. The molecule has 0 bridgehead atoms. The molecular formula is C32H33F3N4O5. The molecule has 0 radical (unpaired) electrons. The summed E-state index contributed by atoms with van der Waals surface area (Å²) in [5.41, 5.74) is 1.86. The van der Waals surface area contributed by atoms with E-state index >= 15 is 0 Å². The molecule has 0 aliphatic rings. The lowest BCUT2D eigenvalue weighted by Gasteiger charge is -2.28. The number of methoxy groups -OCH3 is 1. The van der Waals surface area contributed by atoms with Crippen molar-refractivity contribution in [2.45, 2.75) is 32.5 Å². The molecule has 0 spiro atoms. The number of aryl methyl sites for hydroxylation is 1. The largest absolute Gasteiger partial charge is 0.416 e. The molecule has 0 atom stereocenters. The van der Waals surface area contributed by atoms with Crippen LogP contribution in [-0.2, 0) is 28.7 Å². The Kier molecular flexibility index (Phi) is 10.4. The van der Waals surface area contributed by atoms with Gasteiger partial charge in [0.15, 0.2) is 0 Å². The maximum Gasteiger partial charge on any atom is 0.416 e. The van der Waals surface area contributed by atoms with Crippen LogP contribution < -0.4 is 0 Å². The number of benzene rings is 3. The molecule has 4 aromatic rings. The third kappa shape index (κ3) is 8.01. The van der Waals surface area contributed by atoms with Gasteiger partial charge in [0.1, 0.15) is 6.54 Å². The van der Waals surface area contributed by atoms with Gasteiger partial charge in [-0.15, -0.1) is 0 Å². The summed E-state index contributed by atoms with van der Waals surface area (Å²) in [5, 5.41) is 12.5. The van der Waals surface area contributed by atoms with Gasteiger partial charge in [0.2, 0.25) is 5.91 Å². The van der Waals surface area contributed by atoms with Gasteiger partial charge in [0, 0.05) is 67.6 Å². The van der Waals surface area contributed by atoms with E-state index in [1.165, 1.54) is 47.2 Å². The molecule has 1 N–H and O–H groups in total. The number of H-pyrrole nitrogens is 1. The number of carbonyl (C=O) groups excluding carboxylic acids is 2. The Bertz CT molecular complexity index is 1620. The van der Waals surface area contributed by atoms with Crippen LogP contribution in [0.4, 0.5) is 18.9 Å². The van der Waals surface area contributed by atoms with Gasteiger partial charge in [0.25, 0.3) is 11.6 Å². The fraction of sp³-hybridized carbons (Fsp3) is 0.312.